The molecule has 0 bridgehead atoms. The van der Waals surface area contributed by atoms with Crippen molar-refractivity contribution in [3.05, 3.63) is 59.7 Å². The van der Waals surface area contributed by atoms with Crippen LogP contribution >= 0.6 is 0 Å². The van der Waals surface area contributed by atoms with E-state index in [1.807, 2.05) is 13.0 Å². The van der Waals surface area contributed by atoms with Crippen LogP contribution < -0.4 is 14.4 Å². The van der Waals surface area contributed by atoms with Crippen molar-refractivity contribution in [1.29, 1.82) is 0 Å². The number of carbonyl (C=O) groups excluding carboxylic acids is 3. The van der Waals surface area contributed by atoms with Crippen LogP contribution in [0.25, 0.3) is 0 Å². The van der Waals surface area contributed by atoms with Crippen molar-refractivity contribution < 1.29 is 27.5 Å². The topological polar surface area (TPSA) is 113 Å². The number of hydrogen-bond donors (Lipinski definition) is 1. The Bertz CT molecular complexity index is 1260. The largest absolute Gasteiger partial charge is 0.497 e. The van der Waals surface area contributed by atoms with Gasteiger partial charge in [0.1, 0.15) is 18.3 Å². The Morgan fingerprint density at radius 1 is 1.08 bits per heavy atom. The molecule has 1 fully saturated rings. The van der Waals surface area contributed by atoms with Gasteiger partial charge in [0.15, 0.2) is 5.78 Å². The zero-order valence-electron chi connectivity index (χ0n) is 22.5. The lowest BCUT2D eigenvalue weighted by Crippen LogP contribution is -2.53. The predicted molar refractivity (Wildman–Crippen MR) is 147 cm³/mol. The van der Waals surface area contributed by atoms with Gasteiger partial charge in [-0.2, -0.15) is 0 Å². The maximum absolute atomic E-state index is 13.8. The van der Waals surface area contributed by atoms with Gasteiger partial charge in [0.2, 0.25) is 21.8 Å². The Kier molecular flexibility index (Phi) is 9.90. The van der Waals surface area contributed by atoms with Crippen LogP contribution in [0.4, 0.5) is 5.69 Å². The van der Waals surface area contributed by atoms with Gasteiger partial charge in [-0.25, -0.2) is 8.42 Å². The minimum atomic E-state index is -3.89. The van der Waals surface area contributed by atoms with Gasteiger partial charge in [0, 0.05) is 18.2 Å². The molecule has 10 heteroatoms. The Hall–Kier alpha value is -3.40. The quantitative estimate of drug-likeness (QED) is 0.410. The van der Waals surface area contributed by atoms with Gasteiger partial charge in [0.05, 0.1) is 19.1 Å². The lowest BCUT2D eigenvalue weighted by molar-refractivity contribution is -0.140. The molecule has 2 amide bonds. The average Bonchev–Trinajstić information content (AvgIpc) is 3.39. The van der Waals surface area contributed by atoms with E-state index in [1.54, 1.807) is 37.4 Å². The first-order valence-corrected chi connectivity index (χ1v) is 14.7. The minimum absolute atomic E-state index is 0.0761. The molecule has 206 valence electrons. The van der Waals surface area contributed by atoms with Crippen LogP contribution in [0.5, 0.6) is 5.75 Å². The molecular weight excluding hydrogens is 506 g/mol. The number of ketones is 1. The molecule has 0 aromatic heterocycles. The number of carbonyl (C=O) groups is 3. The van der Waals surface area contributed by atoms with Gasteiger partial charge in [-0.15, -0.1) is 0 Å². The molecule has 3 rings (SSSR count). The van der Waals surface area contributed by atoms with E-state index >= 15 is 0 Å². The highest BCUT2D eigenvalue weighted by atomic mass is 32.2. The minimum Gasteiger partial charge on any atom is -0.497 e. The van der Waals surface area contributed by atoms with Crippen molar-refractivity contribution in [2.24, 2.45) is 0 Å². The molecule has 9 nitrogen and oxygen atoms in total. The first kappa shape index (κ1) is 29.2. The van der Waals surface area contributed by atoms with Crippen LogP contribution in [-0.4, -0.2) is 62.9 Å². The number of nitrogens with zero attached hydrogens (tertiary/aromatic N) is 2. The van der Waals surface area contributed by atoms with E-state index in [4.69, 9.17) is 4.74 Å². The standard InChI is InChI=1S/C28H37N3O6S/c1-5-26(28(34)29-23-12-6-7-13-23)30(18-21-10-8-15-25(16-21)37-3)27(33)19-31(38(4,35)36)24-14-9-11-22(17-24)20(2)32/h8-11,14-17,23,26H,5-7,12-13,18-19H2,1-4H3,(H,29,34)/t26-/m0/s1. The number of hydrogen-bond acceptors (Lipinski definition) is 6. The molecule has 2 aromatic rings. The number of anilines is 1. The first-order valence-electron chi connectivity index (χ1n) is 12.8. The second kappa shape index (κ2) is 12.9. The number of sulfonamides is 1. The maximum Gasteiger partial charge on any atom is 0.244 e. The molecule has 0 aliphatic heterocycles. The zero-order valence-corrected chi connectivity index (χ0v) is 23.3. The van der Waals surface area contributed by atoms with Crippen molar-refractivity contribution in [1.82, 2.24) is 10.2 Å². The molecule has 1 saturated carbocycles. The second-order valence-corrected chi connectivity index (χ2v) is 11.6. The van der Waals surface area contributed by atoms with Crippen LogP contribution in [-0.2, 0) is 26.2 Å². The summed E-state index contributed by atoms with van der Waals surface area (Å²) in [5.41, 5.74) is 1.28. The molecule has 1 N–H and O–H groups in total. The summed E-state index contributed by atoms with van der Waals surface area (Å²) in [6.45, 7) is 2.80. The Labute approximate surface area is 225 Å². The number of Topliss-reactive ketones (excluding diaryl/α,β-unsaturated/α-hetero) is 1. The summed E-state index contributed by atoms with van der Waals surface area (Å²) < 4.78 is 31.9. The number of methoxy groups -OCH3 is 1. The summed E-state index contributed by atoms with van der Waals surface area (Å²) in [7, 11) is -2.34. The van der Waals surface area contributed by atoms with Crippen molar-refractivity contribution in [3.8, 4) is 5.75 Å². The van der Waals surface area contributed by atoms with E-state index < -0.39 is 28.5 Å². The molecule has 0 heterocycles. The van der Waals surface area contributed by atoms with Crippen LogP contribution in [0.2, 0.25) is 0 Å². The highest BCUT2D eigenvalue weighted by Crippen LogP contribution is 2.23. The van der Waals surface area contributed by atoms with Gasteiger partial charge in [-0.05, 0) is 56.0 Å². The molecular formula is C28H37N3O6S. The fourth-order valence-corrected chi connectivity index (χ4v) is 5.59. The Balaban J connectivity index is 1.96. The van der Waals surface area contributed by atoms with Crippen molar-refractivity contribution >= 4 is 33.3 Å². The van der Waals surface area contributed by atoms with Crippen LogP contribution in [0, 0.1) is 0 Å². The third kappa shape index (κ3) is 7.56. The highest BCUT2D eigenvalue weighted by Gasteiger charge is 2.33. The normalized spacial score (nSPS) is 14.5. The summed E-state index contributed by atoms with van der Waals surface area (Å²) in [4.78, 5) is 40.5. The maximum atomic E-state index is 13.8. The first-order chi connectivity index (χ1) is 18.0. The number of rotatable bonds is 12. The number of amides is 2. The molecule has 0 unspecified atom stereocenters. The zero-order chi connectivity index (χ0) is 27.9. The number of nitrogens with one attached hydrogen (secondary N) is 1. The van der Waals surface area contributed by atoms with Crippen LogP contribution in [0.1, 0.15) is 61.9 Å². The molecule has 38 heavy (non-hydrogen) atoms. The van der Waals surface area contributed by atoms with E-state index in [2.05, 4.69) is 5.32 Å². The smallest absolute Gasteiger partial charge is 0.244 e. The molecule has 2 aromatic carbocycles. The van der Waals surface area contributed by atoms with Crippen molar-refractivity contribution in [2.75, 3.05) is 24.2 Å². The van der Waals surface area contributed by atoms with E-state index in [0.29, 0.717) is 17.7 Å². The SMILES string of the molecule is CC[C@@H](C(=O)NC1CCCC1)N(Cc1cccc(OC)c1)C(=O)CN(c1cccc(C(C)=O)c1)S(C)(=O)=O. The summed E-state index contributed by atoms with van der Waals surface area (Å²) in [5.74, 6) is -0.391. The number of ether oxygens (including phenoxy) is 1. The van der Waals surface area contributed by atoms with Gasteiger partial charge >= 0.3 is 0 Å². The lowest BCUT2D eigenvalue weighted by Gasteiger charge is -2.33. The molecule has 1 aliphatic carbocycles. The van der Waals surface area contributed by atoms with E-state index in [1.165, 1.54) is 24.0 Å². The fourth-order valence-electron chi connectivity index (χ4n) is 4.75. The van der Waals surface area contributed by atoms with E-state index in [9.17, 15) is 22.8 Å². The monoisotopic (exact) mass is 543 g/mol. The summed E-state index contributed by atoms with van der Waals surface area (Å²) >= 11 is 0. The molecule has 0 radical (unpaired) electrons. The van der Waals surface area contributed by atoms with Crippen LogP contribution in [0.15, 0.2) is 48.5 Å². The Morgan fingerprint density at radius 3 is 2.37 bits per heavy atom. The van der Waals surface area contributed by atoms with Crippen LogP contribution in [0.3, 0.4) is 0 Å². The van der Waals surface area contributed by atoms with Gasteiger partial charge in [-0.1, -0.05) is 44.0 Å². The van der Waals surface area contributed by atoms with E-state index in [0.717, 1.165) is 41.8 Å². The van der Waals surface area contributed by atoms with Gasteiger partial charge in [0.25, 0.3) is 0 Å². The van der Waals surface area contributed by atoms with Gasteiger partial charge in [-0.3, -0.25) is 18.7 Å². The van der Waals surface area contributed by atoms with Crippen molar-refractivity contribution in [2.45, 2.75) is 64.6 Å². The average molecular weight is 544 g/mol. The number of benzene rings is 2. The third-order valence-electron chi connectivity index (χ3n) is 6.79. The molecule has 1 atom stereocenters. The molecule has 0 spiro atoms. The third-order valence-corrected chi connectivity index (χ3v) is 7.93. The second-order valence-electron chi connectivity index (χ2n) is 9.66. The summed E-state index contributed by atoms with van der Waals surface area (Å²) in [6.07, 6.45) is 5.28. The molecule has 0 saturated heterocycles. The highest BCUT2D eigenvalue weighted by molar-refractivity contribution is 7.92. The fraction of sp³-hybridized carbons (Fsp3) is 0.464. The molecule has 1 aliphatic rings. The van der Waals surface area contributed by atoms with Crippen molar-refractivity contribution in [3.63, 3.8) is 0 Å². The predicted octanol–water partition coefficient (Wildman–Crippen LogP) is 3.53. The Morgan fingerprint density at radius 2 is 1.76 bits per heavy atom. The lowest BCUT2D eigenvalue weighted by atomic mass is 10.1. The summed E-state index contributed by atoms with van der Waals surface area (Å²) in [5, 5.41) is 3.08. The van der Waals surface area contributed by atoms with E-state index in [-0.39, 0.29) is 30.0 Å². The summed E-state index contributed by atoms with van der Waals surface area (Å²) in [6, 6.07) is 12.6. The van der Waals surface area contributed by atoms with Gasteiger partial charge < -0.3 is 15.0 Å².